The summed E-state index contributed by atoms with van der Waals surface area (Å²) in [4.78, 5) is 16.0. The topological polar surface area (TPSA) is 74.4 Å². The maximum Gasteiger partial charge on any atom is 0.357 e. The average molecular weight is 337 g/mol. The van der Waals surface area contributed by atoms with Crippen molar-refractivity contribution in [1.29, 1.82) is 0 Å². The Morgan fingerprint density at radius 3 is 2.70 bits per heavy atom. The SMILES string of the molecule is C=Cc1c(N)cc(-c2ccc(Cl)c(OC)c2F)nc1C(=O)OC. The van der Waals surface area contributed by atoms with Crippen LogP contribution in [0.3, 0.4) is 0 Å². The third kappa shape index (κ3) is 2.98. The molecule has 0 aliphatic heterocycles. The van der Waals surface area contributed by atoms with Crippen LogP contribution in [0.25, 0.3) is 17.3 Å². The highest BCUT2D eigenvalue weighted by Gasteiger charge is 2.20. The minimum Gasteiger partial charge on any atom is -0.492 e. The second-order valence-corrected chi connectivity index (χ2v) is 4.90. The number of carbonyl (C=O) groups excluding carboxylic acids is 1. The van der Waals surface area contributed by atoms with E-state index in [1.165, 1.54) is 38.5 Å². The molecule has 5 nitrogen and oxygen atoms in total. The van der Waals surface area contributed by atoms with Gasteiger partial charge in [0.05, 0.1) is 24.9 Å². The molecule has 2 N–H and O–H groups in total. The predicted octanol–water partition coefficient (Wildman–Crippen LogP) is 3.56. The molecule has 0 aliphatic rings. The number of aromatic nitrogens is 1. The number of ether oxygens (including phenoxy) is 2. The Hall–Kier alpha value is -2.60. The van der Waals surface area contributed by atoms with E-state index >= 15 is 0 Å². The molecule has 1 aromatic carbocycles. The van der Waals surface area contributed by atoms with Crippen LogP contribution in [0.1, 0.15) is 16.1 Å². The number of methoxy groups -OCH3 is 2. The van der Waals surface area contributed by atoms with Gasteiger partial charge in [-0.2, -0.15) is 0 Å². The highest BCUT2D eigenvalue weighted by molar-refractivity contribution is 6.32. The lowest BCUT2D eigenvalue weighted by Gasteiger charge is -2.12. The van der Waals surface area contributed by atoms with Gasteiger partial charge in [0.2, 0.25) is 0 Å². The Balaban J connectivity index is 2.73. The van der Waals surface area contributed by atoms with Gasteiger partial charge < -0.3 is 15.2 Å². The number of benzene rings is 1. The number of hydrogen-bond donors (Lipinski definition) is 1. The Kier molecular flexibility index (Phi) is 4.86. The van der Waals surface area contributed by atoms with Gasteiger partial charge in [-0.1, -0.05) is 24.3 Å². The largest absolute Gasteiger partial charge is 0.492 e. The van der Waals surface area contributed by atoms with Crippen LogP contribution in [0.4, 0.5) is 10.1 Å². The summed E-state index contributed by atoms with van der Waals surface area (Å²) >= 11 is 5.87. The summed E-state index contributed by atoms with van der Waals surface area (Å²) in [6, 6.07) is 4.34. The number of rotatable bonds is 4. The van der Waals surface area contributed by atoms with Crippen LogP contribution in [-0.4, -0.2) is 25.2 Å². The van der Waals surface area contributed by atoms with Crippen LogP contribution in [0.15, 0.2) is 24.8 Å². The van der Waals surface area contributed by atoms with Crippen molar-refractivity contribution in [2.75, 3.05) is 20.0 Å². The molecular weight excluding hydrogens is 323 g/mol. The lowest BCUT2D eigenvalue weighted by molar-refractivity contribution is 0.0594. The predicted molar refractivity (Wildman–Crippen MR) is 87.0 cm³/mol. The first kappa shape index (κ1) is 16.8. The maximum absolute atomic E-state index is 14.5. The number of esters is 1. The van der Waals surface area contributed by atoms with Crippen molar-refractivity contribution in [3.05, 3.63) is 46.9 Å². The smallest absolute Gasteiger partial charge is 0.357 e. The van der Waals surface area contributed by atoms with Crippen molar-refractivity contribution in [2.24, 2.45) is 0 Å². The van der Waals surface area contributed by atoms with Crippen molar-refractivity contribution < 1.29 is 18.7 Å². The zero-order valence-corrected chi connectivity index (χ0v) is 13.3. The first-order valence-electron chi connectivity index (χ1n) is 6.48. The Morgan fingerprint density at radius 2 is 2.13 bits per heavy atom. The summed E-state index contributed by atoms with van der Waals surface area (Å²) in [5.41, 5.74) is 6.66. The molecule has 0 saturated carbocycles. The fourth-order valence-corrected chi connectivity index (χ4v) is 2.32. The van der Waals surface area contributed by atoms with Crippen molar-refractivity contribution >= 4 is 29.3 Å². The van der Waals surface area contributed by atoms with E-state index in [4.69, 9.17) is 22.1 Å². The zero-order valence-electron chi connectivity index (χ0n) is 12.5. The van der Waals surface area contributed by atoms with Gasteiger partial charge in [-0.05, 0) is 18.2 Å². The van der Waals surface area contributed by atoms with Gasteiger partial charge in [0.25, 0.3) is 0 Å². The van der Waals surface area contributed by atoms with Crippen LogP contribution >= 0.6 is 11.6 Å². The van der Waals surface area contributed by atoms with Crippen molar-refractivity contribution in [2.45, 2.75) is 0 Å². The number of halogens is 2. The normalized spacial score (nSPS) is 10.3. The first-order chi connectivity index (χ1) is 10.9. The summed E-state index contributed by atoms with van der Waals surface area (Å²) in [5, 5.41) is 0.123. The number of carbonyl (C=O) groups is 1. The molecule has 120 valence electrons. The van der Waals surface area contributed by atoms with E-state index in [2.05, 4.69) is 16.3 Å². The molecule has 0 radical (unpaired) electrons. The number of nitrogens with zero attached hydrogens (tertiary/aromatic N) is 1. The van der Waals surface area contributed by atoms with Crippen LogP contribution in [-0.2, 0) is 4.74 Å². The monoisotopic (exact) mass is 336 g/mol. The number of nitrogens with two attached hydrogens (primary N) is 1. The second-order valence-electron chi connectivity index (χ2n) is 4.50. The summed E-state index contributed by atoms with van der Waals surface area (Å²) in [6.07, 6.45) is 1.39. The van der Waals surface area contributed by atoms with Crippen LogP contribution in [0, 0.1) is 5.82 Å². The molecule has 0 unspecified atom stereocenters. The minimum absolute atomic E-state index is 0.0502. The average Bonchev–Trinajstić information content (AvgIpc) is 2.53. The van der Waals surface area contributed by atoms with Crippen LogP contribution in [0.5, 0.6) is 5.75 Å². The summed E-state index contributed by atoms with van der Waals surface area (Å²) < 4.78 is 24.1. The van der Waals surface area contributed by atoms with E-state index in [0.717, 1.165) is 0 Å². The molecule has 0 spiro atoms. The van der Waals surface area contributed by atoms with Gasteiger partial charge in [0, 0.05) is 16.8 Å². The Labute approximate surface area is 137 Å². The minimum atomic E-state index is -0.700. The molecule has 0 atom stereocenters. The second kappa shape index (κ2) is 6.66. The first-order valence-corrected chi connectivity index (χ1v) is 6.86. The summed E-state index contributed by atoms with van der Waals surface area (Å²) in [7, 11) is 2.52. The van der Waals surface area contributed by atoms with E-state index < -0.39 is 11.8 Å². The van der Waals surface area contributed by atoms with Gasteiger partial charge in [-0.25, -0.2) is 14.2 Å². The molecule has 23 heavy (non-hydrogen) atoms. The fourth-order valence-electron chi connectivity index (χ4n) is 2.10. The Morgan fingerprint density at radius 1 is 1.43 bits per heavy atom. The number of hydrogen-bond acceptors (Lipinski definition) is 5. The van der Waals surface area contributed by atoms with Crippen molar-refractivity contribution in [3.8, 4) is 17.0 Å². The van der Waals surface area contributed by atoms with E-state index in [1.807, 2.05) is 0 Å². The highest BCUT2D eigenvalue weighted by atomic mass is 35.5. The van der Waals surface area contributed by atoms with Gasteiger partial charge in [0.1, 0.15) is 0 Å². The molecule has 0 fully saturated rings. The summed E-state index contributed by atoms with van der Waals surface area (Å²) in [6.45, 7) is 3.59. The Bertz CT molecular complexity index is 793. The molecule has 1 heterocycles. The standard InChI is InChI=1S/C16H14ClFN2O3/c1-4-8-11(19)7-12(20-14(8)16(21)23-3)9-5-6-10(17)15(22-2)13(9)18/h4-7H,1H2,2-3H3,(H2,19,20). The van der Waals surface area contributed by atoms with Crippen LogP contribution < -0.4 is 10.5 Å². The molecule has 1 aromatic heterocycles. The van der Waals surface area contributed by atoms with Gasteiger partial charge in [-0.15, -0.1) is 0 Å². The molecule has 0 amide bonds. The van der Waals surface area contributed by atoms with Crippen LogP contribution in [0.2, 0.25) is 5.02 Å². The van der Waals surface area contributed by atoms with E-state index in [9.17, 15) is 9.18 Å². The van der Waals surface area contributed by atoms with E-state index in [1.54, 1.807) is 0 Å². The maximum atomic E-state index is 14.5. The molecular formula is C16H14ClFN2O3. The molecule has 0 saturated heterocycles. The van der Waals surface area contributed by atoms with E-state index in [0.29, 0.717) is 5.56 Å². The number of pyridine rings is 1. The van der Waals surface area contributed by atoms with E-state index in [-0.39, 0.29) is 33.4 Å². The summed E-state index contributed by atoms with van der Waals surface area (Å²) in [5.74, 6) is -1.51. The van der Waals surface area contributed by atoms with Gasteiger partial charge in [-0.3, -0.25) is 0 Å². The molecule has 2 rings (SSSR count). The molecule has 0 bridgehead atoms. The van der Waals surface area contributed by atoms with Crippen molar-refractivity contribution in [1.82, 2.24) is 4.98 Å². The molecule has 2 aromatic rings. The third-order valence-corrected chi connectivity index (χ3v) is 3.50. The number of anilines is 1. The fraction of sp³-hybridized carbons (Fsp3) is 0.125. The zero-order chi connectivity index (χ0) is 17.1. The van der Waals surface area contributed by atoms with Crippen molar-refractivity contribution in [3.63, 3.8) is 0 Å². The molecule has 7 heteroatoms. The lowest BCUT2D eigenvalue weighted by atomic mass is 10.1. The number of nitrogen functional groups attached to an aromatic ring is 1. The highest BCUT2D eigenvalue weighted by Crippen LogP contribution is 2.35. The lowest BCUT2D eigenvalue weighted by Crippen LogP contribution is -2.10. The quantitative estimate of drug-likeness (QED) is 0.864. The third-order valence-electron chi connectivity index (χ3n) is 3.20. The van der Waals surface area contributed by atoms with Gasteiger partial charge in [0.15, 0.2) is 17.3 Å². The van der Waals surface area contributed by atoms with Gasteiger partial charge >= 0.3 is 5.97 Å². The molecule has 0 aliphatic carbocycles.